The zero-order valence-corrected chi connectivity index (χ0v) is 17.8. The van der Waals surface area contributed by atoms with Crippen LogP contribution in [0.5, 0.6) is 0 Å². The van der Waals surface area contributed by atoms with E-state index in [2.05, 4.69) is 10.6 Å². The third kappa shape index (κ3) is 5.02. The van der Waals surface area contributed by atoms with Gasteiger partial charge in [0.15, 0.2) is 0 Å². The molecule has 0 bridgehead atoms. The van der Waals surface area contributed by atoms with Gasteiger partial charge in [0.05, 0.1) is 21.7 Å². The minimum Gasteiger partial charge on any atom is -0.332 e. The fourth-order valence-corrected chi connectivity index (χ4v) is 3.29. The standard InChI is InChI=1S/C23H16Cl2FN3O2/c1-13-9-10-14(11-19(13)28-23(31)15-5-2-3-8-18(15)26)22(30)29-20(12-27)16-6-4-7-17(24)21(16)25/h2-11,20H,1H3,(H,28,31)(H,29,30). The average molecular weight is 456 g/mol. The second-order valence-electron chi connectivity index (χ2n) is 6.64. The number of benzene rings is 3. The Balaban J connectivity index is 1.82. The average Bonchev–Trinajstić information content (AvgIpc) is 2.75. The molecule has 8 heteroatoms. The Morgan fingerprint density at radius 2 is 1.77 bits per heavy atom. The smallest absolute Gasteiger partial charge is 0.258 e. The summed E-state index contributed by atoms with van der Waals surface area (Å²) in [4.78, 5) is 25.2. The molecule has 3 aromatic rings. The number of aryl methyl sites for hydroxylation is 1. The topological polar surface area (TPSA) is 82.0 Å². The monoisotopic (exact) mass is 455 g/mol. The van der Waals surface area contributed by atoms with Gasteiger partial charge in [0.2, 0.25) is 0 Å². The van der Waals surface area contributed by atoms with Gasteiger partial charge in [0.1, 0.15) is 11.9 Å². The van der Waals surface area contributed by atoms with Crippen molar-refractivity contribution in [2.24, 2.45) is 0 Å². The molecule has 0 aliphatic heterocycles. The van der Waals surface area contributed by atoms with E-state index in [-0.39, 0.29) is 21.2 Å². The molecule has 3 rings (SSSR count). The normalized spacial score (nSPS) is 11.3. The van der Waals surface area contributed by atoms with E-state index in [1.807, 2.05) is 6.07 Å². The number of rotatable bonds is 5. The SMILES string of the molecule is Cc1ccc(C(=O)NC(C#N)c2cccc(Cl)c2Cl)cc1NC(=O)c1ccccc1F. The maximum atomic E-state index is 13.9. The molecule has 0 radical (unpaired) electrons. The number of nitrogens with one attached hydrogen (secondary N) is 2. The van der Waals surface area contributed by atoms with E-state index in [1.165, 1.54) is 24.3 Å². The van der Waals surface area contributed by atoms with Gasteiger partial charge in [-0.15, -0.1) is 0 Å². The minimum atomic E-state index is -1.03. The number of anilines is 1. The molecular formula is C23H16Cl2FN3O2. The van der Waals surface area contributed by atoms with Gasteiger partial charge in [0, 0.05) is 16.8 Å². The van der Waals surface area contributed by atoms with E-state index in [0.717, 1.165) is 0 Å². The maximum absolute atomic E-state index is 13.9. The van der Waals surface area contributed by atoms with E-state index >= 15 is 0 Å². The van der Waals surface area contributed by atoms with Crippen LogP contribution in [0, 0.1) is 24.1 Å². The molecule has 0 aliphatic rings. The minimum absolute atomic E-state index is 0.114. The van der Waals surface area contributed by atoms with Crippen LogP contribution in [0.2, 0.25) is 10.0 Å². The molecule has 0 saturated carbocycles. The van der Waals surface area contributed by atoms with Crippen LogP contribution >= 0.6 is 23.2 Å². The number of halogens is 3. The molecule has 3 aromatic carbocycles. The summed E-state index contributed by atoms with van der Waals surface area (Å²) >= 11 is 12.2. The van der Waals surface area contributed by atoms with Crippen molar-refractivity contribution in [2.75, 3.05) is 5.32 Å². The number of hydrogen-bond acceptors (Lipinski definition) is 3. The van der Waals surface area contributed by atoms with Gasteiger partial charge < -0.3 is 10.6 Å². The van der Waals surface area contributed by atoms with Crippen LogP contribution in [-0.2, 0) is 0 Å². The van der Waals surface area contributed by atoms with Gasteiger partial charge in [-0.1, -0.05) is 53.5 Å². The lowest BCUT2D eigenvalue weighted by Gasteiger charge is -2.15. The van der Waals surface area contributed by atoms with Gasteiger partial charge in [-0.25, -0.2) is 4.39 Å². The molecule has 156 valence electrons. The van der Waals surface area contributed by atoms with Crippen molar-refractivity contribution in [3.63, 3.8) is 0 Å². The maximum Gasteiger partial charge on any atom is 0.258 e. The Morgan fingerprint density at radius 1 is 1.03 bits per heavy atom. The van der Waals surface area contributed by atoms with Crippen molar-refractivity contribution < 1.29 is 14.0 Å². The lowest BCUT2D eigenvalue weighted by molar-refractivity contribution is 0.0943. The number of hydrogen-bond donors (Lipinski definition) is 2. The lowest BCUT2D eigenvalue weighted by Crippen LogP contribution is -2.28. The Morgan fingerprint density at radius 3 is 2.48 bits per heavy atom. The molecule has 0 aromatic heterocycles. The van der Waals surface area contributed by atoms with Crippen molar-refractivity contribution in [3.05, 3.63) is 98.8 Å². The highest BCUT2D eigenvalue weighted by Crippen LogP contribution is 2.30. The van der Waals surface area contributed by atoms with Crippen LogP contribution in [0.25, 0.3) is 0 Å². The molecule has 0 aliphatic carbocycles. The van der Waals surface area contributed by atoms with Crippen molar-refractivity contribution >= 4 is 40.7 Å². The predicted octanol–water partition coefficient (Wildman–Crippen LogP) is 5.69. The fraction of sp³-hybridized carbons (Fsp3) is 0.0870. The molecule has 0 saturated heterocycles. The summed E-state index contributed by atoms with van der Waals surface area (Å²) in [5, 5.41) is 15.2. The third-order valence-electron chi connectivity index (χ3n) is 4.56. The van der Waals surface area contributed by atoms with Gasteiger partial charge in [-0.2, -0.15) is 5.26 Å². The van der Waals surface area contributed by atoms with Crippen molar-refractivity contribution in [2.45, 2.75) is 13.0 Å². The van der Waals surface area contributed by atoms with E-state index in [0.29, 0.717) is 16.8 Å². The molecule has 1 unspecified atom stereocenters. The molecule has 5 nitrogen and oxygen atoms in total. The van der Waals surface area contributed by atoms with Crippen LogP contribution in [0.15, 0.2) is 60.7 Å². The number of nitrogens with zero attached hydrogens (tertiary/aromatic N) is 1. The van der Waals surface area contributed by atoms with Crippen molar-refractivity contribution in [1.82, 2.24) is 5.32 Å². The van der Waals surface area contributed by atoms with Crippen LogP contribution in [0.3, 0.4) is 0 Å². The summed E-state index contributed by atoms with van der Waals surface area (Å²) in [6, 6.07) is 16.0. The molecule has 0 spiro atoms. The Kier molecular flexibility index (Phi) is 6.91. The first-order chi connectivity index (χ1) is 14.8. The molecule has 2 amide bonds. The van der Waals surface area contributed by atoms with Crippen molar-refractivity contribution in [3.8, 4) is 6.07 Å². The summed E-state index contributed by atoms with van der Waals surface area (Å²) < 4.78 is 13.9. The quantitative estimate of drug-likeness (QED) is 0.518. The number of amides is 2. The van der Waals surface area contributed by atoms with Gasteiger partial charge in [-0.05, 0) is 42.8 Å². The Hall–Kier alpha value is -3.40. The van der Waals surface area contributed by atoms with E-state index in [1.54, 1.807) is 43.3 Å². The fourth-order valence-electron chi connectivity index (χ4n) is 2.87. The lowest BCUT2D eigenvalue weighted by atomic mass is 10.1. The van der Waals surface area contributed by atoms with E-state index < -0.39 is 23.7 Å². The molecule has 0 heterocycles. The van der Waals surface area contributed by atoms with Gasteiger partial charge in [0.25, 0.3) is 11.8 Å². The molecule has 0 fully saturated rings. The Labute approximate surface area is 188 Å². The number of carbonyl (C=O) groups is 2. The first-order valence-electron chi connectivity index (χ1n) is 9.12. The van der Waals surface area contributed by atoms with Crippen LogP contribution in [-0.4, -0.2) is 11.8 Å². The molecular weight excluding hydrogens is 440 g/mol. The predicted molar refractivity (Wildman–Crippen MR) is 118 cm³/mol. The first kappa shape index (κ1) is 22.3. The van der Waals surface area contributed by atoms with Gasteiger partial charge in [-0.3, -0.25) is 9.59 Å². The van der Waals surface area contributed by atoms with E-state index in [4.69, 9.17) is 23.2 Å². The number of nitriles is 1. The molecule has 2 N–H and O–H groups in total. The summed E-state index contributed by atoms with van der Waals surface area (Å²) in [5.41, 5.74) is 1.47. The van der Waals surface area contributed by atoms with Gasteiger partial charge >= 0.3 is 0 Å². The second-order valence-corrected chi connectivity index (χ2v) is 7.43. The Bertz CT molecular complexity index is 1210. The summed E-state index contributed by atoms with van der Waals surface area (Å²) in [7, 11) is 0. The summed E-state index contributed by atoms with van der Waals surface area (Å²) in [6.07, 6.45) is 0. The van der Waals surface area contributed by atoms with Crippen LogP contribution in [0.4, 0.5) is 10.1 Å². The second kappa shape index (κ2) is 9.61. The molecule has 31 heavy (non-hydrogen) atoms. The highest BCUT2D eigenvalue weighted by Gasteiger charge is 2.20. The van der Waals surface area contributed by atoms with E-state index in [9.17, 15) is 19.2 Å². The van der Waals surface area contributed by atoms with Crippen molar-refractivity contribution in [1.29, 1.82) is 5.26 Å². The first-order valence-corrected chi connectivity index (χ1v) is 9.88. The highest BCUT2D eigenvalue weighted by molar-refractivity contribution is 6.42. The summed E-state index contributed by atoms with van der Waals surface area (Å²) in [6.45, 7) is 1.74. The molecule has 1 atom stereocenters. The third-order valence-corrected chi connectivity index (χ3v) is 5.40. The number of carbonyl (C=O) groups excluding carboxylic acids is 2. The zero-order valence-electron chi connectivity index (χ0n) is 16.2. The zero-order chi connectivity index (χ0) is 22.5. The van der Waals surface area contributed by atoms with Crippen LogP contribution in [0.1, 0.15) is 37.9 Å². The summed E-state index contributed by atoms with van der Waals surface area (Å²) in [5.74, 6) is -1.84. The largest absolute Gasteiger partial charge is 0.332 e. The van der Waals surface area contributed by atoms with Crippen LogP contribution < -0.4 is 10.6 Å². The highest BCUT2D eigenvalue weighted by atomic mass is 35.5.